The Bertz CT molecular complexity index is 927. The molecule has 1 N–H and O–H groups in total. The lowest BCUT2D eigenvalue weighted by molar-refractivity contribution is 0.584. The number of nitrogens with zero attached hydrogens (tertiary/aromatic N) is 3. The first kappa shape index (κ1) is 17.5. The standard InChI is InChI=1S/C22H24N4O/c1-16-9-11-18(12-10-16)21-25-26-22(27-21)19-8-5-14-23-20(19)24-15-13-17-6-3-2-4-7-17/h5-6,8-12,14H,2-4,7,13,15H2,1H3,(H,23,24). The van der Waals surface area contributed by atoms with Crippen LogP contribution in [0, 0.1) is 6.92 Å². The van der Waals surface area contributed by atoms with Crippen LogP contribution < -0.4 is 5.32 Å². The minimum atomic E-state index is 0.484. The monoisotopic (exact) mass is 360 g/mol. The van der Waals surface area contributed by atoms with Crippen LogP contribution in [0.25, 0.3) is 22.9 Å². The van der Waals surface area contributed by atoms with E-state index in [2.05, 4.69) is 33.5 Å². The Balaban J connectivity index is 1.49. The van der Waals surface area contributed by atoms with Gasteiger partial charge in [-0.1, -0.05) is 29.3 Å². The summed E-state index contributed by atoms with van der Waals surface area (Å²) in [4.78, 5) is 4.47. The number of hydrogen-bond acceptors (Lipinski definition) is 5. The van der Waals surface area contributed by atoms with Gasteiger partial charge in [-0.05, 0) is 63.3 Å². The molecule has 5 nitrogen and oxygen atoms in total. The first-order valence-corrected chi connectivity index (χ1v) is 9.57. The van der Waals surface area contributed by atoms with Crippen molar-refractivity contribution >= 4 is 5.82 Å². The van der Waals surface area contributed by atoms with E-state index in [0.717, 1.165) is 29.9 Å². The molecule has 0 aliphatic heterocycles. The van der Waals surface area contributed by atoms with E-state index in [4.69, 9.17) is 4.42 Å². The number of hydrogen-bond donors (Lipinski definition) is 1. The molecule has 0 fully saturated rings. The number of aryl methyl sites for hydroxylation is 1. The molecule has 0 saturated carbocycles. The molecule has 0 bridgehead atoms. The summed E-state index contributed by atoms with van der Waals surface area (Å²) in [6, 6.07) is 11.9. The van der Waals surface area contributed by atoms with Crippen LogP contribution in [0.15, 0.2) is 58.7 Å². The summed E-state index contributed by atoms with van der Waals surface area (Å²) < 4.78 is 5.92. The van der Waals surface area contributed by atoms with Crippen molar-refractivity contribution in [2.45, 2.75) is 39.0 Å². The van der Waals surface area contributed by atoms with Gasteiger partial charge in [-0.3, -0.25) is 0 Å². The van der Waals surface area contributed by atoms with Crippen molar-refractivity contribution < 1.29 is 4.42 Å². The van der Waals surface area contributed by atoms with Gasteiger partial charge in [0, 0.05) is 18.3 Å². The fourth-order valence-electron chi connectivity index (χ4n) is 3.34. The molecule has 0 atom stereocenters. The summed E-state index contributed by atoms with van der Waals surface area (Å²) in [6.45, 7) is 2.91. The highest BCUT2D eigenvalue weighted by molar-refractivity contribution is 5.69. The SMILES string of the molecule is Cc1ccc(-c2nnc(-c3cccnc3NCCC3=CCCCC3)o2)cc1. The Hall–Kier alpha value is -2.95. The molecule has 0 spiro atoms. The second-order valence-electron chi connectivity index (χ2n) is 6.96. The zero-order chi connectivity index (χ0) is 18.5. The maximum atomic E-state index is 5.92. The first-order chi connectivity index (χ1) is 13.3. The number of anilines is 1. The highest BCUT2D eigenvalue weighted by Crippen LogP contribution is 2.28. The summed E-state index contributed by atoms with van der Waals surface area (Å²) >= 11 is 0. The van der Waals surface area contributed by atoms with Crippen molar-refractivity contribution in [1.29, 1.82) is 0 Å². The van der Waals surface area contributed by atoms with E-state index in [1.54, 1.807) is 11.8 Å². The average molecular weight is 360 g/mol. The zero-order valence-corrected chi connectivity index (χ0v) is 15.6. The van der Waals surface area contributed by atoms with Gasteiger partial charge in [-0.15, -0.1) is 10.2 Å². The molecule has 4 rings (SSSR count). The zero-order valence-electron chi connectivity index (χ0n) is 15.6. The molecule has 1 aromatic carbocycles. The Morgan fingerprint density at radius 2 is 1.89 bits per heavy atom. The number of nitrogens with one attached hydrogen (secondary N) is 1. The van der Waals surface area contributed by atoms with Crippen LogP contribution in [0.2, 0.25) is 0 Å². The lowest BCUT2D eigenvalue weighted by Crippen LogP contribution is -2.06. The highest BCUT2D eigenvalue weighted by Gasteiger charge is 2.14. The lowest BCUT2D eigenvalue weighted by Gasteiger charge is -2.13. The third kappa shape index (κ3) is 4.25. The molecule has 138 valence electrons. The van der Waals surface area contributed by atoms with Crippen molar-refractivity contribution in [1.82, 2.24) is 15.2 Å². The number of allylic oxidation sites excluding steroid dienone is 1. The summed E-state index contributed by atoms with van der Waals surface area (Å²) in [5, 5.41) is 11.9. The molecule has 1 aliphatic carbocycles. The van der Waals surface area contributed by atoms with Crippen molar-refractivity contribution in [2.75, 3.05) is 11.9 Å². The van der Waals surface area contributed by atoms with E-state index in [-0.39, 0.29) is 0 Å². The van der Waals surface area contributed by atoms with E-state index >= 15 is 0 Å². The van der Waals surface area contributed by atoms with Crippen LogP contribution >= 0.6 is 0 Å². The highest BCUT2D eigenvalue weighted by atomic mass is 16.4. The Morgan fingerprint density at radius 3 is 2.70 bits per heavy atom. The lowest BCUT2D eigenvalue weighted by atomic mass is 9.97. The van der Waals surface area contributed by atoms with Gasteiger partial charge in [0.1, 0.15) is 5.82 Å². The molecule has 0 unspecified atom stereocenters. The molecule has 2 aromatic heterocycles. The van der Waals surface area contributed by atoms with Gasteiger partial charge >= 0.3 is 0 Å². The van der Waals surface area contributed by atoms with Gasteiger partial charge in [-0.2, -0.15) is 0 Å². The van der Waals surface area contributed by atoms with Gasteiger partial charge in [-0.25, -0.2) is 4.98 Å². The fraction of sp³-hybridized carbons (Fsp3) is 0.318. The van der Waals surface area contributed by atoms with Crippen LogP contribution in [0.4, 0.5) is 5.82 Å². The van der Waals surface area contributed by atoms with Crippen LogP contribution in [0.5, 0.6) is 0 Å². The molecular formula is C22H24N4O. The molecular weight excluding hydrogens is 336 g/mol. The number of benzene rings is 1. The summed E-state index contributed by atoms with van der Waals surface area (Å²) in [6.07, 6.45) is 10.3. The van der Waals surface area contributed by atoms with E-state index in [0.29, 0.717) is 11.8 Å². The van der Waals surface area contributed by atoms with Crippen LogP contribution in [0.1, 0.15) is 37.7 Å². The molecule has 0 amide bonds. The molecule has 0 radical (unpaired) electrons. The Morgan fingerprint density at radius 1 is 1.04 bits per heavy atom. The Labute approximate surface area is 159 Å². The molecule has 0 saturated heterocycles. The van der Waals surface area contributed by atoms with Crippen molar-refractivity contribution in [3.63, 3.8) is 0 Å². The second kappa shape index (κ2) is 8.16. The van der Waals surface area contributed by atoms with Crippen molar-refractivity contribution in [3.8, 4) is 22.9 Å². The van der Waals surface area contributed by atoms with Gasteiger partial charge in [0.2, 0.25) is 5.89 Å². The van der Waals surface area contributed by atoms with E-state index in [1.807, 2.05) is 36.4 Å². The smallest absolute Gasteiger partial charge is 0.251 e. The number of pyridine rings is 1. The third-order valence-corrected chi connectivity index (χ3v) is 4.89. The second-order valence-corrected chi connectivity index (χ2v) is 6.96. The average Bonchev–Trinajstić information content (AvgIpc) is 3.20. The van der Waals surface area contributed by atoms with Gasteiger partial charge in [0.15, 0.2) is 0 Å². The number of rotatable bonds is 6. The predicted molar refractivity (Wildman–Crippen MR) is 107 cm³/mol. The largest absolute Gasteiger partial charge is 0.416 e. The molecule has 27 heavy (non-hydrogen) atoms. The van der Waals surface area contributed by atoms with Crippen LogP contribution in [-0.4, -0.2) is 21.7 Å². The topological polar surface area (TPSA) is 63.8 Å². The summed E-state index contributed by atoms with van der Waals surface area (Å²) in [5.74, 6) is 1.79. The minimum Gasteiger partial charge on any atom is -0.416 e. The maximum Gasteiger partial charge on any atom is 0.251 e. The van der Waals surface area contributed by atoms with Crippen molar-refractivity contribution in [3.05, 3.63) is 59.8 Å². The van der Waals surface area contributed by atoms with Gasteiger partial charge in [0.25, 0.3) is 5.89 Å². The van der Waals surface area contributed by atoms with Gasteiger partial charge in [0.05, 0.1) is 5.56 Å². The Kier molecular flexibility index (Phi) is 5.28. The van der Waals surface area contributed by atoms with E-state index in [1.165, 1.54) is 31.2 Å². The fourth-order valence-corrected chi connectivity index (χ4v) is 3.34. The maximum absolute atomic E-state index is 5.92. The first-order valence-electron chi connectivity index (χ1n) is 9.57. The summed E-state index contributed by atoms with van der Waals surface area (Å²) in [5.41, 5.74) is 4.50. The molecule has 5 heteroatoms. The van der Waals surface area contributed by atoms with E-state index < -0.39 is 0 Å². The number of aromatic nitrogens is 3. The van der Waals surface area contributed by atoms with E-state index in [9.17, 15) is 0 Å². The minimum absolute atomic E-state index is 0.484. The van der Waals surface area contributed by atoms with Crippen LogP contribution in [-0.2, 0) is 0 Å². The molecule has 1 aliphatic rings. The summed E-state index contributed by atoms with van der Waals surface area (Å²) in [7, 11) is 0. The normalized spacial score (nSPS) is 14.0. The molecule has 2 heterocycles. The van der Waals surface area contributed by atoms with Crippen LogP contribution in [0.3, 0.4) is 0 Å². The van der Waals surface area contributed by atoms with Gasteiger partial charge < -0.3 is 9.73 Å². The predicted octanol–water partition coefficient (Wildman–Crippen LogP) is 5.41. The third-order valence-electron chi connectivity index (χ3n) is 4.89. The van der Waals surface area contributed by atoms with Crippen molar-refractivity contribution in [2.24, 2.45) is 0 Å². The quantitative estimate of drug-likeness (QED) is 0.596. The molecule has 3 aromatic rings.